The molecule has 0 aliphatic carbocycles. The molecule has 106 valence electrons. The molecule has 0 unspecified atom stereocenters. The van der Waals surface area contributed by atoms with Crippen LogP contribution in [0.4, 0.5) is 0 Å². The van der Waals surface area contributed by atoms with Crippen LogP contribution in [0, 0.1) is 6.92 Å². The number of benzene rings is 2. The van der Waals surface area contributed by atoms with Gasteiger partial charge in [0.05, 0.1) is 0 Å². The molecule has 0 atom stereocenters. The van der Waals surface area contributed by atoms with Crippen molar-refractivity contribution >= 4 is 0 Å². The Hall–Kier alpha value is -1.80. The number of ether oxygens (including phenoxy) is 1. The van der Waals surface area contributed by atoms with Crippen molar-refractivity contribution in [2.75, 3.05) is 7.05 Å². The van der Waals surface area contributed by atoms with Gasteiger partial charge in [-0.3, -0.25) is 0 Å². The zero-order valence-electron chi connectivity index (χ0n) is 12.7. The predicted octanol–water partition coefficient (Wildman–Crippen LogP) is 4.63. The second-order valence-corrected chi connectivity index (χ2v) is 5.41. The number of para-hydroxylation sites is 1. The molecule has 0 radical (unpaired) electrons. The van der Waals surface area contributed by atoms with Gasteiger partial charge in [0, 0.05) is 12.1 Å². The molecule has 0 saturated carbocycles. The Bertz CT molecular complexity index is 575. The molecular formula is C18H23NO. The summed E-state index contributed by atoms with van der Waals surface area (Å²) in [7, 11) is 1.94. The van der Waals surface area contributed by atoms with Crippen LogP contribution in [0.1, 0.15) is 36.5 Å². The van der Waals surface area contributed by atoms with Crippen LogP contribution in [0.5, 0.6) is 11.5 Å². The van der Waals surface area contributed by atoms with Gasteiger partial charge in [0.2, 0.25) is 0 Å². The average Bonchev–Trinajstić information content (AvgIpc) is 2.41. The lowest BCUT2D eigenvalue weighted by Gasteiger charge is -2.14. The van der Waals surface area contributed by atoms with Crippen LogP contribution in [-0.4, -0.2) is 7.05 Å². The Labute approximate surface area is 121 Å². The highest BCUT2D eigenvalue weighted by Gasteiger charge is 2.07. The Morgan fingerprint density at radius 2 is 1.85 bits per heavy atom. The first kappa shape index (κ1) is 14.6. The minimum Gasteiger partial charge on any atom is -0.457 e. The van der Waals surface area contributed by atoms with E-state index in [-0.39, 0.29) is 0 Å². The van der Waals surface area contributed by atoms with Crippen molar-refractivity contribution in [1.82, 2.24) is 5.32 Å². The summed E-state index contributed by atoms with van der Waals surface area (Å²) in [4.78, 5) is 0. The quantitative estimate of drug-likeness (QED) is 0.854. The van der Waals surface area contributed by atoms with Gasteiger partial charge in [-0.1, -0.05) is 38.1 Å². The van der Waals surface area contributed by atoms with Gasteiger partial charge in [0.25, 0.3) is 0 Å². The van der Waals surface area contributed by atoms with Crippen LogP contribution < -0.4 is 10.1 Å². The normalized spacial score (nSPS) is 10.8. The second kappa shape index (κ2) is 6.58. The summed E-state index contributed by atoms with van der Waals surface area (Å²) in [5, 5.41) is 3.17. The Balaban J connectivity index is 2.24. The Morgan fingerprint density at radius 1 is 1.10 bits per heavy atom. The zero-order valence-corrected chi connectivity index (χ0v) is 12.7. The number of hydrogen-bond donors (Lipinski definition) is 1. The highest BCUT2D eigenvalue weighted by Crippen LogP contribution is 2.28. The molecule has 0 saturated heterocycles. The molecule has 0 aromatic heterocycles. The highest BCUT2D eigenvalue weighted by molar-refractivity contribution is 5.41. The van der Waals surface area contributed by atoms with Crippen LogP contribution >= 0.6 is 0 Å². The minimum atomic E-state index is 0.542. The lowest BCUT2D eigenvalue weighted by Crippen LogP contribution is -2.06. The van der Waals surface area contributed by atoms with Crippen molar-refractivity contribution in [1.29, 1.82) is 0 Å². The monoisotopic (exact) mass is 269 g/mol. The summed E-state index contributed by atoms with van der Waals surface area (Å²) in [5.41, 5.74) is 3.82. The van der Waals surface area contributed by atoms with E-state index < -0.39 is 0 Å². The summed E-state index contributed by atoms with van der Waals surface area (Å²) in [6.45, 7) is 7.37. The molecule has 2 aromatic carbocycles. The molecule has 0 aliphatic heterocycles. The van der Waals surface area contributed by atoms with Crippen molar-refractivity contribution in [3.05, 3.63) is 59.2 Å². The first-order valence-corrected chi connectivity index (χ1v) is 7.12. The van der Waals surface area contributed by atoms with Gasteiger partial charge in [0.1, 0.15) is 11.5 Å². The van der Waals surface area contributed by atoms with E-state index in [0.717, 1.165) is 18.0 Å². The molecule has 0 fully saturated rings. The molecule has 0 bridgehead atoms. The fourth-order valence-electron chi connectivity index (χ4n) is 2.43. The third-order valence-electron chi connectivity index (χ3n) is 3.43. The molecule has 2 heteroatoms. The molecular weight excluding hydrogens is 246 g/mol. The smallest absolute Gasteiger partial charge is 0.131 e. The van der Waals surface area contributed by atoms with Gasteiger partial charge in [-0.2, -0.15) is 0 Å². The van der Waals surface area contributed by atoms with Crippen LogP contribution in [0.3, 0.4) is 0 Å². The fraction of sp³-hybridized carbons (Fsp3) is 0.333. The third kappa shape index (κ3) is 3.40. The van der Waals surface area contributed by atoms with E-state index in [1.165, 1.54) is 16.7 Å². The lowest BCUT2D eigenvalue weighted by molar-refractivity contribution is 0.473. The average molecular weight is 269 g/mol. The van der Waals surface area contributed by atoms with Crippen molar-refractivity contribution < 1.29 is 4.74 Å². The first-order chi connectivity index (χ1) is 9.61. The van der Waals surface area contributed by atoms with Gasteiger partial charge in [-0.05, 0) is 49.2 Å². The van der Waals surface area contributed by atoms with Crippen LogP contribution in [0.15, 0.2) is 42.5 Å². The van der Waals surface area contributed by atoms with E-state index in [1.807, 2.05) is 25.2 Å². The Morgan fingerprint density at radius 3 is 2.50 bits per heavy atom. The fourth-order valence-corrected chi connectivity index (χ4v) is 2.43. The summed E-state index contributed by atoms with van der Waals surface area (Å²) >= 11 is 0. The molecule has 0 aliphatic rings. The zero-order chi connectivity index (χ0) is 14.5. The first-order valence-electron chi connectivity index (χ1n) is 7.12. The van der Waals surface area contributed by atoms with Gasteiger partial charge < -0.3 is 10.1 Å². The van der Waals surface area contributed by atoms with Crippen molar-refractivity contribution in [3.63, 3.8) is 0 Å². The highest BCUT2D eigenvalue weighted by atomic mass is 16.5. The summed E-state index contributed by atoms with van der Waals surface area (Å²) < 4.78 is 6.04. The van der Waals surface area contributed by atoms with Gasteiger partial charge in [-0.15, -0.1) is 0 Å². The summed E-state index contributed by atoms with van der Waals surface area (Å²) in [5.74, 6) is 2.36. The summed E-state index contributed by atoms with van der Waals surface area (Å²) in [6, 6.07) is 14.5. The maximum absolute atomic E-state index is 6.04. The van der Waals surface area contributed by atoms with Gasteiger partial charge in [0.15, 0.2) is 0 Å². The topological polar surface area (TPSA) is 21.3 Å². The minimum absolute atomic E-state index is 0.542. The van der Waals surface area contributed by atoms with E-state index in [2.05, 4.69) is 50.4 Å². The van der Waals surface area contributed by atoms with E-state index in [4.69, 9.17) is 4.74 Å². The predicted molar refractivity (Wildman–Crippen MR) is 84.5 cm³/mol. The molecule has 1 N–H and O–H groups in total. The van der Waals surface area contributed by atoms with Crippen LogP contribution in [0.25, 0.3) is 0 Å². The van der Waals surface area contributed by atoms with Crippen molar-refractivity contribution in [3.8, 4) is 11.5 Å². The molecule has 2 nitrogen and oxygen atoms in total. The standard InChI is InChI=1S/C18H23NO/c1-13(2)17-10-9-16(11-14(17)3)20-18-8-6-5-7-15(18)12-19-4/h5-11,13,19H,12H2,1-4H3. The third-order valence-corrected chi connectivity index (χ3v) is 3.43. The van der Waals surface area contributed by atoms with Gasteiger partial charge >= 0.3 is 0 Å². The number of nitrogens with one attached hydrogen (secondary N) is 1. The second-order valence-electron chi connectivity index (χ2n) is 5.41. The number of hydrogen-bond acceptors (Lipinski definition) is 2. The van der Waals surface area contributed by atoms with E-state index in [1.54, 1.807) is 0 Å². The van der Waals surface area contributed by atoms with Gasteiger partial charge in [-0.25, -0.2) is 0 Å². The molecule has 0 amide bonds. The molecule has 2 aromatic rings. The SMILES string of the molecule is CNCc1ccccc1Oc1ccc(C(C)C)c(C)c1. The van der Waals surface area contributed by atoms with E-state index in [0.29, 0.717) is 5.92 Å². The number of rotatable bonds is 5. The molecule has 2 rings (SSSR count). The van der Waals surface area contributed by atoms with E-state index in [9.17, 15) is 0 Å². The molecule has 0 heterocycles. The van der Waals surface area contributed by atoms with Crippen molar-refractivity contribution in [2.45, 2.75) is 33.2 Å². The molecule has 0 spiro atoms. The van der Waals surface area contributed by atoms with E-state index >= 15 is 0 Å². The maximum Gasteiger partial charge on any atom is 0.131 e. The lowest BCUT2D eigenvalue weighted by atomic mass is 9.98. The Kier molecular flexibility index (Phi) is 4.80. The van der Waals surface area contributed by atoms with Crippen molar-refractivity contribution in [2.24, 2.45) is 0 Å². The largest absolute Gasteiger partial charge is 0.457 e. The van der Waals surface area contributed by atoms with Crippen LogP contribution in [-0.2, 0) is 6.54 Å². The van der Waals surface area contributed by atoms with Crippen LogP contribution in [0.2, 0.25) is 0 Å². The molecule has 20 heavy (non-hydrogen) atoms. The summed E-state index contributed by atoms with van der Waals surface area (Å²) in [6.07, 6.45) is 0. The number of aryl methyl sites for hydroxylation is 1. The maximum atomic E-state index is 6.04.